The van der Waals surface area contributed by atoms with E-state index >= 15 is 0 Å². The number of morpholine rings is 1. The third-order valence-electron chi connectivity index (χ3n) is 4.05. The van der Waals surface area contributed by atoms with Crippen molar-refractivity contribution in [2.24, 2.45) is 5.41 Å². The SMILES string of the molecule is CC1(C)CN(CC2(C(=O)O)CCCC2)CCO1. The molecule has 0 aromatic carbocycles. The van der Waals surface area contributed by atoms with E-state index in [1.807, 2.05) is 0 Å². The van der Waals surface area contributed by atoms with Crippen molar-refractivity contribution in [1.29, 1.82) is 0 Å². The van der Waals surface area contributed by atoms with Crippen LogP contribution in [0.5, 0.6) is 0 Å². The molecule has 17 heavy (non-hydrogen) atoms. The third kappa shape index (κ3) is 2.80. The standard InChI is InChI=1S/C13H23NO3/c1-12(2)9-14(7-8-17-12)10-13(11(15)16)5-3-4-6-13/h3-10H2,1-2H3,(H,15,16). The number of ether oxygens (including phenoxy) is 1. The van der Waals surface area contributed by atoms with Gasteiger partial charge in [-0.05, 0) is 26.7 Å². The third-order valence-corrected chi connectivity index (χ3v) is 4.05. The number of rotatable bonds is 3. The Morgan fingerprint density at radius 2 is 2.00 bits per heavy atom. The van der Waals surface area contributed by atoms with Gasteiger partial charge in [0.05, 0.1) is 17.6 Å². The van der Waals surface area contributed by atoms with Crippen LogP contribution in [0.2, 0.25) is 0 Å². The molecule has 1 aliphatic heterocycles. The zero-order valence-corrected chi connectivity index (χ0v) is 10.9. The van der Waals surface area contributed by atoms with Crippen LogP contribution in [0.25, 0.3) is 0 Å². The Kier molecular flexibility index (Phi) is 3.46. The molecule has 1 N–H and O–H groups in total. The lowest BCUT2D eigenvalue weighted by Crippen LogP contribution is -2.52. The molecule has 0 radical (unpaired) electrons. The summed E-state index contributed by atoms with van der Waals surface area (Å²) < 4.78 is 5.66. The van der Waals surface area contributed by atoms with E-state index in [2.05, 4.69) is 18.7 Å². The second kappa shape index (κ2) is 4.58. The first-order chi connectivity index (χ1) is 7.94. The maximum absolute atomic E-state index is 11.5. The number of carbonyl (C=O) groups is 1. The molecule has 98 valence electrons. The zero-order chi connectivity index (χ0) is 12.5. The van der Waals surface area contributed by atoms with Crippen molar-refractivity contribution in [2.45, 2.75) is 45.1 Å². The number of carboxylic acids is 1. The summed E-state index contributed by atoms with van der Waals surface area (Å²) in [5.74, 6) is -0.612. The Hall–Kier alpha value is -0.610. The van der Waals surface area contributed by atoms with Gasteiger partial charge in [0, 0.05) is 19.6 Å². The summed E-state index contributed by atoms with van der Waals surface area (Å²) >= 11 is 0. The van der Waals surface area contributed by atoms with Crippen molar-refractivity contribution in [3.8, 4) is 0 Å². The van der Waals surface area contributed by atoms with E-state index in [0.29, 0.717) is 13.2 Å². The Morgan fingerprint density at radius 3 is 2.53 bits per heavy atom. The first kappa shape index (κ1) is 12.8. The highest BCUT2D eigenvalue weighted by Crippen LogP contribution is 2.39. The molecule has 2 fully saturated rings. The number of aliphatic carboxylic acids is 1. The van der Waals surface area contributed by atoms with Crippen molar-refractivity contribution < 1.29 is 14.6 Å². The molecule has 1 heterocycles. The van der Waals surface area contributed by atoms with Crippen molar-refractivity contribution in [3.05, 3.63) is 0 Å². The highest BCUT2D eigenvalue weighted by atomic mass is 16.5. The Morgan fingerprint density at radius 1 is 1.35 bits per heavy atom. The van der Waals surface area contributed by atoms with Gasteiger partial charge in [0.1, 0.15) is 0 Å². The maximum Gasteiger partial charge on any atom is 0.310 e. The molecule has 0 spiro atoms. The van der Waals surface area contributed by atoms with Crippen LogP contribution in [0.4, 0.5) is 0 Å². The molecule has 2 rings (SSSR count). The predicted octanol–water partition coefficient (Wildman–Crippen LogP) is 1.74. The molecular formula is C13H23NO3. The Bertz CT molecular complexity index is 295. The van der Waals surface area contributed by atoms with E-state index in [1.54, 1.807) is 0 Å². The van der Waals surface area contributed by atoms with Crippen molar-refractivity contribution in [3.63, 3.8) is 0 Å². The lowest BCUT2D eigenvalue weighted by Gasteiger charge is -2.41. The van der Waals surface area contributed by atoms with E-state index in [9.17, 15) is 9.90 Å². The molecule has 0 amide bonds. The fraction of sp³-hybridized carbons (Fsp3) is 0.923. The fourth-order valence-electron chi connectivity index (χ4n) is 3.17. The molecule has 0 atom stereocenters. The topological polar surface area (TPSA) is 49.8 Å². The van der Waals surface area contributed by atoms with E-state index in [-0.39, 0.29) is 5.60 Å². The summed E-state index contributed by atoms with van der Waals surface area (Å²) in [5, 5.41) is 9.47. The van der Waals surface area contributed by atoms with Gasteiger partial charge in [0.2, 0.25) is 0 Å². The normalized spacial score (nSPS) is 28.1. The maximum atomic E-state index is 11.5. The molecule has 1 saturated heterocycles. The monoisotopic (exact) mass is 241 g/mol. The van der Waals surface area contributed by atoms with E-state index in [0.717, 1.165) is 38.8 Å². The number of hydrogen-bond acceptors (Lipinski definition) is 3. The lowest BCUT2D eigenvalue weighted by atomic mass is 9.85. The first-order valence-corrected chi connectivity index (χ1v) is 6.53. The average molecular weight is 241 g/mol. The Balaban J connectivity index is 2.01. The van der Waals surface area contributed by atoms with Gasteiger partial charge in [0.25, 0.3) is 0 Å². The van der Waals surface area contributed by atoms with Gasteiger partial charge in [-0.1, -0.05) is 12.8 Å². The van der Waals surface area contributed by atoms with Crippen molar-refractivity contribution in [1.82, 2.24) is 4.90 Å². The minimum absolute atomic E-state index is 0.142. The second-order valence-corrected chi connectivity index (χ2v) is 6.11. The molecule has 4 heteroatoms. The minimum atomic E-state index is -0.612. The van der Waals surface area contributed by atoms with Gasteiger partial charge in [-0.2, -0.15) is 0 Å². The van der Waals surface area contributed by atoms with Gasteiger partial charge in [-0.25, -0.2) is 0 Å². The molecule has 0 aromatic rings. The van der Waals surface area contributed by atoms with Crippen LogP contribution in [0.1, 0.15) is 39.5 Å². The Labute approximate surface area is 103 Å². The highest BCUT2D eigenvalue weighted by Gasteiger charge is 2.43. The van der Waals surface area contributed by atoms with Crippen LogP contribution in [-0.2, 0) is 9.53 Å². The van der Waals surface area contributed by atoms with Gasteiger partial charge in [-0.3, -0.25) is 9.69 Å². The number of nitrogens with zero attached hydrogens (tertiary/aromatic N) is 1. The summed E-state index contributed by atoms with van der Waals surface area (Å²) in [6, 6.07) is 0. The average Bonchev–Trinajstić information content (AvgIpc) is 2.66. The largest absolute Gasteiger partial charge is 0.481 e. The zero-order valence-electron chi connectivity index (χ0n) is 10.9. The second-order valence-electron chi connectivity index (χ2n) is 6.11. The van der Waals surface area contributed by atoms with Crippen LogP contribution >= 0.6 is 0 Å². The molecule has 0 bridgehead atoms. The summed E-state index contributed by atoms with van der Waals surface area (Å²) in [4.78, 5) is 13.8. The molecular weight excluding hydrogens is 218 g/mol. The van der Waals surface area contributed by atoms with E-state index in [4.69, 9.17) is 4.74 Å². The summed E-state index contributed by atoms with van der Waals surface area (Å²) in [6.45, 7) is 7.24. The van der Waals surface area contributed by atoms with Gasteiger partial charge in [-0.15, -0.1) is 0 Å². The van der Waals surface area contributed by atoms with E-state index < -0.39 is 11.4 Å². The van der Waals surface area contributed by atoms with Crippen LogP contribution in [0, 0.1) is 5.41 Å². The molecule has 1 aliphatic carbocycles. The number of carboxylic acid groups (broad SMARTS) is 1. The van der Waals surface area contributed by atoms with Crippen LogP contribution in [0.3, 0.4) is 0 Å². The quantitative estimate of drug-likeness (QED) is 0.817. The number of hydrogen-bond donors (Lipinski definition) is 1. The van der Waals surface area contributed by atoms with Gasteiger partial charge >= 0.3 is 5.97 Å². The van der Waals surface area contributed by atoms with Crippen molar-refractivity contribution >= 4 is 5.97 Å². The fourth-order valence-corrected chi connectivity index (χ4v) is 3.17. The van der Waals surface area contributed by atoms with Gasteiger partial charge in [0.15, 0.2) is 0 Å². The van der Waals surface area contributed by atoms with Crippen molar-refractivity contribution in [2.75, 3.05) is 26.2 Å². The predicted molar refractivity (Wildman–Crippen MR) is 65.0 cm³/mol. The van der Waals surface area contributed by atoms with E-state index in [1.165, 1.54) is 0 Å². The summed E-state index contributed by atoms with van der Waals surface area (Å²) in [5.41, 5.74) is -0.635. The molecule has 1 saturated carbocycles. The van der Waals surface area contributed by atoms with Crippen LogP contribution < -0.4 is 0 Å². The molecule has 0 unspecified atom stereocenters. The molecule has 4 nitrogen and oxygen atoms in total. The first-order valence-electron chi connectivity index (χ1n) is 6.53. The highest BCUT2D eigenvalue weighted by molar-refractivity contribution is 5.75. The lowest BCUT2D eigenvalue weighted by molar-refractivity contribution is -0.153. The van der Waals surface area contributed by atoms with Crippen LogP contribution in [0.15, 0.2) is 0 Å². The van der Waals surface area contributed by atoms with Crippen LogP contribution in [-0.4, -0.2) is 47.8 Å². The molecule has 0 aromatic heterocycles. The minimum Gasteiger partial charge on any atom is -0.481 e. The summed E-state index contributed by atoms with van der Waals surface area (Å²) in [6.07, 6.45) is 3.78. The van der Waals surface area contributed by atoms with Gasteiger partial charge < -0.3 is 9.84 Å². The smallest absolute Gasteiger partial charge is 0.310 e. The molecule has 2 aliphatic rings. The summed E-state index contributed by atoms with van der Waals surface area (Å²) in [7, 11) is 0.